The predicted molar refractivity (Wildman–Crippen MR) is 77.4 cm³/mol. The topological polar surface area (TPSA) is 25.8 Å². The fraction of sp³-hybridized carbons (Fsp3) is 0.500. The number of thiophene rings is 1. The summed E-state index contributed by atoms with van der Waals surface area (Å²) < 4.78 is 0. The Morgan fingerprint density at radius 2 is 2.18 bits per heavy atom. The number of aryl methyl sites for hydroxylation is 1. The third-order valence-electron chi connectivity index (χ3n) is 2.62. The van der Waals surface area contributed by atoms with Gasteiger partial charge in [-0.3, -0.25) is 0 Å². The van der Waals surface area contributed by atoms with E-state index in [1.165, 1.54) is 4.88 Å². The second-order valence-electron chi connectivity index (χ2n) is 3.92. The Morgan fingerprint density at radius 1 is 1.41 bits per heavy atom. The first kappa shape index (κ1) is 13.1. The van der Waals surface area contributed by atoms with Crippen LogP contribution in [0.2, 0.25) is 5.28 Å². The summed E-state index contributed by atoms with van der Waals surface area (Å²) in [5.41, 5.74) is 0. The van der Waals surface area contributed by atoms with Crippen LogP contribution in [-0.2, 0) is 6.42 Å². The van der Waals surface area contributed by atoms with Gasteiger partial charge < -0.3 is 0 Å². The van der Waals surface area contributed by atoms with Gasteiger partial charge in [0.2, 0.25) is 5.28 Å². The Balaban J connectivity index is 2.48. The van der Waals surface area contributed by atoms with Gasteiger partial charge in [-0.15, -0.1) is 23.1 Å². The third kappa shape index (κ3) is 2.92. The van der Waals surface area contributed by atoms with E-state index in [0.717, 1.165) is 28.1 Å². The van der Waals surface area contributed by atoms with Crippen molar-refractivity contribution in [2.45, 2.75) is 43.9 Å². The van der Waals surface area contributed by atoms with E-state index in [2.05, 4.69) is 36.8 Å². The molecule has 0 fully saturated rings. The summed E-state index contributed by atoms with van der Waals surface area (Å²) >= 11 is 9.47. The Labute approximate surface area is 115 Å². The quantitative estimate of drug-likeness (QED) is 0.459. The van der Waals surface area contributed by atoms with Gasteiger partial charge in [-0.25, -0.2) is 9.97 Å². The van der Waals surface area contributed by atoms with Crippen LogP contribution in [0.5, 0.6) is 0 Å². The van der Waals surface area contributed by atoms with Crippen molar-refractivity contribution in [3.05, 3.63) is 16.2 Å². The van der Waals surface area contributed by atoms with Crippen molar-refractivity contribution in [3.63, 3.8) is 0 Å². The van der Waals surface area contributed by atoms with E-state index in [1.807, 2.05) is 0 Å². The largest absolute Gasteiger partial charge is 0.224 e. The van der Waals surface area contributed by atoms with Gasteiger partial charge >= 0.3 is 0 Å². The zero-order valence-electron chi connectivity index (χ0n) is 10.2. The highest BCUT2D eigenvalue weighted by atomic mass is 35.5. The van der Waals surface area contributed by atoms with Crippen LogP contribution >= 0.6 is 34.7 Å². The van der Waals surface area contributed by atoms with E-state index in [0.29, 0.717) is 10.5 Å². The van der Waals surface area contributed by atoms with Gasteiger partial charge in [0.25, 0.3) is 0 Å². The summed E-state index contributed by atoms with van der Waals surface area (Å²) in [6.07, 6.45) is 2.16. The molecule has 2 nitrogen and oxygen atoms in total. The smallest absolute Gasteiger partial charge is 0.211 e. The molecule has 0 saturated carbocycles. The van der Waals surface area contributed by atoms with Gasteiger partial charge in [-0.1, -0.05) is 20.8 Å². The molecule has 0 amide bonds. The summed E-state index contributed by atoms with van der Waals surface area (Å²) in [5.74, 6) is 0. The van der Waals surface area contributed by atoms with E-state index < -0.39 is 0 Å². The van der Waals surface area contributed by atoms with Crippen molar-refractivity contribution in [2.24, 2.45) is 0 Å². The normalized spacial score (nSPS) is 13.2. The number of fused-ring (bicyclic) bond motifs is 1. The van der Waals surface area contributed by atoms with Crippen molar-refractivity contribution in [2.75, 3.05) is 0 Å². The second kappa shape index (κ2) is 5.55. The summed E-state index contributed by atoms with van der Waals surface area (Å²) in [6.45, 7) is 6.55. The lowest BCUT2D eigenvalue weighted by atomic mass is 10.3. The molecule has 1 unspecified atom stereocenters. The Bertz CT molecular complexity index is 524. The summed E-state index contributed by atoms with van der Waals surface area (Å²) in [6, 6.07) is 2.20. The highest BCUT2D eigenvalue weighted by Gasteiger charge is 2.13. The summed E-state index contributed by atoms with van der Waals surface area (Å²) in [7, 11) is 0. The van der Waals surface area contributed by atoms with Crippen LogP contribution < -0.4 is 0 Å². The minimum atomic E-state index is 0.354. The minimum absolute atomic E-state index is 0.354. The Morgan fingerprint density at radius 3 is 2.82 bits per heavy atom. The first-order chi connectivity index (χ1) is 8.13. The lowest BCUT2D eigenvalue weighted by molar-refractivity contribution is 0.902. The van der Waals surface area contributed by atoms with Crippen LogP contribution in [0.3, 0.4) is 0 Å². The number of thioether (sulfide) groups is 1. The van der Waals surface area contributed by atoms with Crippen LogP contribution in [0.15, 0.2) is 11.1 Å². The van der Waals surface area contributed by atoms with Crippen LogP contribution in [0.4, 0.5) is 0 Å². The molecule has 0 aliphatic carbocycles. The average Bonchev–Trinajstić information content (AvgIpc) is 2.71. The van der Waals surface area contributed by atoms with Gasteiger partial charge in [-0.2, -0.15) is 0 Å². The zero-order chi connectivity index (χ0) is 12.4. The number of hydrogen-bond donors (Lipinski definition) is 0. The van der Waals surface area contributed by atoms with Crippen LogP contribution in [0.25, 0.3) is 10.2 Å². The van der Waals surface area contributed by atoms with Gasteiger partial charge in [0.1, 0.15) is 9.86 Å². The lowest BCUT2D eigenvalue weighted by Gasteiger charge is -2.07. The fourth-order valence-corrected chi connectivity index (χ4v) is 3.73. The van der Waals surface area contributed by atoms with Crippen LogP contribution in [-0.4, -0.2) is 15.2 Å². The van der Waals surface area contributed by atoms with Crippen LogP contribution in [0.1, 0.15) is 32.1 Å². The van der Waals surface area contributed by atoms with E-state index in [1.54, 1.807) is 23.1 Å². The Hall–Kier alpha value is -0.320. The Kier molecular flexibility index (Phi) is 4.28. The highest BCUT2D eigenvalue weighted by molar-refractivity contribution is 8.00. The molecule has 5 heteroatoms. The number of rotatable bonds is 4. The number of hydrogen-bond acceptors (Lipinski definition) is 4. The van der Waals surface area contributed by atoms with E-state index >= 15 is 0 Å². The van der Waals surface area contributed by atoms with Crippen molar-refractivity contribution in [1.29, 1.82) is 0 Å². The van der Waals surface area contributed by atoms with E-state index in [4.69, 9.17) is 11.6 Å². The van der Waals surface area contributed by atoms with Crippen LogP contribution in [0, 0.1) is 0 Å². The van der Waals surface area contributed by atoms with Crippen molar-refractivity contribution < 1.29 is 0 Å². The van der Waals surface area contributed by atoms with Gasteiger partial charge in [-0.05, 0) is 30.5 Å². The molecule has 0 aliphatic heterocycles. The zero-order valence-corrected chi connectivity index (χ0v) is 12.5. The van der Waals surface area contributed by atoms with E-state index in [9.17, 15) is 0 Å². The van der Waals surface area contributed by atoms with Crippen molar-refractivity contribution in [1.82, 2.24) is 9.97 Å². The van der Waals surface area contributed by atoms with Gasteiger partial charge in [0, 0.05) is 15.5 Å². The molecule has 17 heavy (non-hydrogen) atoms. The molecule has 2 rings (SSSR count). The monoisotopic (exact) mass is 286 g/mol. The maximum absolute atomic E-state index is 5.97. The molecule has 2 aromatic rings. The maximum atomic E-state index is 5.97. The fourth-order valence-electron chi connectivity index (χ4n) is 1.46. The minimum Gasteiger partial charge on any atom is -0.211 e. The maximum Gasteiger partial charge on any atom is 0.224 e. The second-order valence-corrected chi connectivity index (χ2v) is 6.80. The summed E-state index contributed by atoms with van der Waals surface area (Å²) in [5, 5.41) is 3.08. The average molecular weight is 287 g/mol. The first-order valence-corrected chi connectivity index (χ1v) is 7.84. The molecule has 2 heterocycles. The third-order valence-corrected chi connectivity index (χ3v) is 5.23. The first-order valence-electron chi connectivity index (χ1n) is 5.76. The molecule has 2 aromatic heterocycles. The molecule has 0 saturated heterocycles. The molecule has 1 atom stereocenters. The molecular formula is C12H15ClN2S2. The molecule has 0 N–H and O–H groups in total. The lowest BCUT2D eigenvalue weighted by Crippen LogP contribution is -1.95. The van der Waals surface area contributed by atoms with Gasteiger partial charge in [0.05, 0.1) is 0 Å². The molecule has 92 valence electrons. The predicted octanol–water partition coefficient (Wildman–Crippen LogP) is 4.80. The SMILES string of the molecule is CCc1cc2c(SC(C)CC)nc(Cl)nc2s1. The van der Waals surface area contributed by atoms with E-state index in [-0.39, 0.29) is 0 Å². The van der Waals surface area contributed by atoms with Gasteiger partial charge in [0.15, 0.2) is 0 Å². The highest BCUT2D eigenvalue weighted by Crippen LogP contribution is 2.34. The standard InChI is InChI=1S/C12H15ClN2S2/c1-4-7(3)16-10-9-6-8(5-2)17-11(9)15-12(13)14-10/h6-7H,4-5H2,1-3H3. The number of nitrogens with zero attached hydrogens (tertiary/aromatic N) is 2. The van der Waals surface area contributed by atoms with Crippen molar-refractivity contribution >= 4 is 44.9 Å². The van der Waals surface area contributed by atoms with Crippen molar-refractivity contribution in [3.8, 4) is 0 Å². The summed E-state index contributed by atoms with van der Waals surface area (Å²) in [4.78, 5) is 11.0. The number of halogens is 1. The molecule has 0 radical (unpaired) electrons. The number of aromatic nitrogens is 2. The molecule has 0 bridgehead atoms. The molecule has 0 aliphatic rings. The molecular weight excluding hydrogens is 272 g/mol. The molecule has 0 spiro atoms. The molecule has 0 aromatic carbocycles.